The molecule has 1 aromatic heterocycles. The maximum absolute atomic E-state index is 11.5. The van der Waals surface area contributed by atoms with Gasteiger partial charge in [-0.2, -0.15) is 0 Å². The molecule has 96 valence electrons. The second-order valence-electron chi connectivity index (χ2n) is 4.27. The molecule has 0 amide bonds. The van der Waals surface area contributed by atoms with E-state index in [9.17, 15) is 8.42 Å². The molecule has 0 aliphatic heterocycles. The molecule has 0 fully saturated rings. The van der Waals surface area contributed by atoms with Crippen molar-refractivity contribution in [2.24, 2.45) is 5.73 Å². The Balaban J connectivity index is 2.40. The highest BCUT2D eigenvalue weighted by molar-refractivity contribution is 7.90. The van der Waals surface area contributed by atoms with Crippen LogP contribution in [0, 0.1) is 6.92 Å². The van der Waals surface area contributed by atoms with Crippen molar-refractivity contribution >= 4 is 21.2 Å². The van der Waals surface area contributed by atoms with Crippen LogP contribution in [0.25, 0.3) is 0 Å². The summed E-state index contributed by atoms with van der Waals surface area (Å²) in [6, 6.07) is 10.5. The number of rotatable bonds is 3. The van der Waals surface area contributed by atoms with E-state index in [1.165, 1.54) is 11.1 Å². The zero-order chi connectivity index (χ0) is 13.3. The molecule has 1 atom stereocenters. The largest absolute Gasteiger partial charge is 0.320 e. The van der Waals surface area contributed by atoms with E-state index in [1.807, 2.05) is 25.1 Å². The standard InChI is InChI=1S/C13H15NO2S2/c1-9-6-7-12(17-9)13(14)10-4-3-5-11(8-10)18(2,15)16/h3-8,13H,14H2,1-2H3. The van der Waals surface area contributed by atoms with E-state index in [0.29, 0.717) is 4.90 Å². The quantitative estimate of drug-likeness (QED) is 0.940. The van der Waals surface area contributed by atoms with Gasteiger partial charge in [-0.3, -0.25) is 0 Å². The monoisotopic (exact) mass is 281 g/mol. The molecule has 2 N–H and O–H groups in total. The zero-order valence-electron chi connectivity index (χ0n) is 10.3. The second-order valence-corrected chi connectivity index (χ2v) is 7.61. The number of benzene rings is 1. The molecule has 2 rings (SSSR count). The molecule has 0 aliphatic rings. The molecule has 3 nitrogen and oxygen atoms in total. The maximum atomic E-state index is 11.5. The van der Waals surface area contributed by atoms with Crippen LogP contribution in [0.1, 0.15) is 21.4 Å². The highest BCUT2D eigenvalue weighted by atomic mass is 32.2. The van der Waals surface area contributed by atoms with Crippen molar-refractivity contribution in [3.8, 4) is 0 Å². The van der Waals surface area contributed by atoms with E-state index in [2.05, 4.69) is 0 Å². The van der Waals surface area contributed by atoms with Gasteiger partial charge in [-0.15, -0.1) is 11.3 Å². The molecule has 0 aliphatic carbocycles. The third kappa shape index (κ3) is 2.80. The minimum Gasteiger partial charge on any atom is -0.320 e. The van der Waals surface area contributed by atoms with Gasteiger partial charge in [0.1, 0.15) is 0 Å². The molecule has 1 unspecified atom stereocenters. The molecule has 1 aromatic carbocycles. The number of hydrogen-bond acceptors (Lipinski definition) is 4. The van der Waals surface area contributed by atoms with Crippen LogP contribution in [-0.2, 0) is 9.84 Å². The van der Waals surface area contributed by atoms with Crippen LogP contribution in [0.4, 0.5) is 0 Å². The maximum Gasteiger partial charge on any atom is 0.175 e. The molecular weight excluding hydrogens is 266 g/mol. The summed E-state index contributed by atoms with van der Waals surface area (Å²) >= 11 is 1.63. The van der Waals surface area contributed by atoms with Gasteiger partial charge in [-0.1, -0.05) is 12.1 Å². The van der Waals surface area contributed by atoms with Gasteiger partial charge < -0.3 is 5.73 Å². The smallest absolute Gasteiger partial charge is 0.175 e. The van der Waals surface area contributed by atoms with Gasteiger partial charge in [0.25, 0.3) is 0 Å². The first-order chi connectivity index (χ1) is 8.38. The van der Waals surface area contributed by atoms with Gasteiger partial charge in [-0.05, 0) is 36.8 Å². The van der Waals surface area contributed by atoms with Gasteiger partial charge >= 0.3 is 0 Å². The Morgan fingerprint density at radius 1 is 1.22 bits per heavy atom. The molecule has 1 heterocycles. The highest BCUT2D eigenvalue weighted by Crippen LogP contribution is 2.27. The Hall–Kier alpha value is -1.17. The van der Waals surface area contributed by atoms with Gasteiger partial charge in [0.05, 0.1) is 10.9 Å². The van der Waals surface area contributed by atoms with Crippen LogP contribution < -0.4 is 5.73 Å². The fraction of sp³-hybridized carbons (Fsp3) is 0.231. The topological polar surface area (TPSA) is 60.2 Å². The molecule has 18 heavy (non-hydrogen) atoms. The summed E-state index contributed by atoms with van der Waals surface area (Å²) in [5.74, 6) is 0. The predicted molar refractivity (Wildman–Crippen MR) is 74.6 cm³/mol. The minimum absolute atomic E-state index is 0.273. The van der Waals surface area contributed by atoms with Crippen LogP contribution in [0.15, 0.2) is 41.3 Å². The Morgan fingerprint density at radius 2 is 1.94 bits per heavy atom. The Morgan fingerprint density at radius 3 is 2.50 bits per heavy atom. The summed E-state index contributed by atoms with van der Waals surface area (Å²) < 4.78 is 23.0. The third-order valence-corrected chi connectivity index (χ3v) is 4.91. The third-order valence-electron chi connectivity index (χ3n) is 2.71. The summed E-state index contributed by atoms with van der Waals surface area (Å²) in [4.78, 5) is 2.54. The lowest BCUT2D eigenvalue weighted by atomic mass is 10.1. The lowest BCUT2D eigenvalue weighted by Gasteiger charge is -2.11. The lowest BCUT2D eigenvalue weighted by molar-refractivity contribution is 0.601. The number of aryl methyl sites for hydroxylation is 1. The van der Waals surface area contributed by atoms with Crippen LogP contribution in [0.3, 0.4) is 0 Å². The van der Waals surface area contributed by atoms with E-state index in [4.69, 9.17) is 5.73 Å². The number of nitrogens with two attached hydrogens (primary N) is 1. The van der Waals surface area contributed by atoms with E-state index < -0.39 is 9.84 Å². The first-order valence-corrected chi connectivity index (χ1v) is 8.20. The first kappa shape index (κ1) is 13.3. The normalized spacial score (nSPS) is 13.5. The van der Waals surface area contributed by atoms with Gasteiger partial charge in [0.15, 0.2) is 9.84 Å². The molecule has 0 saturated heterocycles. The molecule has 0 spiro atoms. The van der Waals surface area contributed by atoms with Crippen molar-refractivity contribution in [1.82, 2.24) is 0 Å². The average molecular weight is 281 g/mol. The van der Waals surface area contributed by atoms with E-state index in [1.54, 1.807) is 29.5 Å². The summed E-state index contributed by atoms with van der Waals surface area (Å²) in [7, 11) is -3.19. The summed E-state index contributed by atoms with van der Waals surface area (Å²) in [5, 5.41) is 0. The lowest BCUT2D eigenvalue weighted by Crippen LogP contribution is -2.11. The fourth-order valence-electron chi connectivity index (χ4n) is 1.72. The highest BCUT2D eigenvalue weighted by Gasteiger charge is 2.14. The molecular formula is C13H15NO2S2. The zero-order valence-corrected chi connectivity index (χ0v) is 11.9. The minimum atomic E-state index is -3.19. The molecule has 5 heteroatoms. The summed E-state index contributed by atoms with van der Waals surface area (Å²) in [6.07, 6.45) is 1.20. The van der Waals surface area contributed by atoms with Gasteiger partial charge in [0.2, 0.25) is 0 Å². The molecule has 2 aromatic rings. The van der Waals surface area contributed by atoms with Gasteiger partial charge in [0, 0.05) is 16.0 Å². The van der Waals surface area contributed by atoms with Crippen LogP contribution in [-0.4, -0.2) is 14.7 Å². The van der Waals surface area contributed by atoms with Crippen molar-refractivity contribution < 1.29 is 8.42 Å². The Labute approximate surface area is 111 Å². The summed E-state index contributed by atoms with van der Waals surface area (Å²) in [5.41, 5.74) is 6.98. The average Bonchev–Trinajstić information content (AvgIpc) is 2.74. The Bertz CT molecular complexity index is 659. The van der Waals surface area contributed by atoms with Crippen LogP contribution in [0.2, 0.25) is 0 Å². The Kier molecular flexibility index (Phi) is 3.56. The van der Waals surface area contributed by atoms with E-state index >= 15 is 0 Å². The second kappa shape index (κ2) is 4.84. The number of hydrogen-bond donors (Lipinski definition) is 1. The molecule has 0 saturated carbocycles. The van der Waals surface area contributed by atoms with Crippen LogP contribution >= 0.6 is 11.3 Å². The van der Waals surface area contributed by atoms with Crippen molar-refractivity contribution in [3.05, 3.63) is 51.7 Å². The number of sulfone groups is 1. The van der Waals surface area contributed by atoms with Crippen molar-refractivity contribution in [1.29, 1.82) is 0 Å². The predicted octanol–water partition coefficient (Wildman–Crippen LogP) is 2.51. The molecule has 0 radical (unpaired) electrons. The van der Waals surface area contributed by atoms with Crippen molar-refractivity contribution in [2.45, 2.75) is 17.9 Å². The SMILES string of the molecule is Cc1ccc(C(N)c2cccc(S(C)(=O)=O)c2)s1. The molecule has 0 bridgehead atoms. The van der Waals surface area contributed by atoms with E-state index in [-0.39, 0.29) is 6.04 Å². The summed E-state index contributed by atoms with van der Waals surface area (Å²) in [6.45, 7) is 2.02. The van der Waals surface area contributed by atoms with Gasteiger partial charge in [-0.25, -0.2) is 8.42 Å². The first-order valence-electron chi connectivity index (χ1n) is 5.50. The van der Waals surface area contributed by atoms with E-state index in [0.717, 1.165) is 10.4 Å². The van der Waals surface area contributed by atoms with Crippen molar-refractivity contribution in [2.75, 3.05) is 6.26 Å². The van der Waals surface area contributed by atoms with Crippen molar-refractivity contribution in [3.63, 3.8) is 0 Å². The fourth-order valence-corrected chi connectivity index (χ4v) is 3.31. The van der Waals surface area contributed by atoms with Crippen LogP contribution in [0.5, 0.6) is 0 Å². The number of thiophene rings is 1.